The molecule has 0 radical (unpaired) electrons. The van der Waals surface area contributed by atoms with Gasteiger partial charge >= 0.3 is 12.1 Å². The number of nitrogens with one attached hydrogen (secondary N) is 1. The van der Waals surface area contributed by atoms with Crippen molar-refractivity contribution in [1.29, 1.82) is 0 Å². The maximum atomic E-state index is 13.3. The number of hydrogen-bond acceptors (Lipinski definition) is 5. The van der Waals surface area contributed by atoms with Crippen molar-refractivity contribution in [2.45, 2.75) is 31.0 Å². The summed E-state index contributed by atoms with van der Waals surface area (Å²) in [4.78, 5) is 41.1. The van der Waals surface area contributed by atoms with Gasteiger partial charge in [-0.3, -0.25) is 9.69 Å². The Morgan fingerprint density at radius 3 is 2.16 bits per heavy atom. The lowest BCUT2D eigenvalue weighted by atomic mass is 9.98. The Morgan fingerprint density at radius 2 is 1.58 bits per heavy atom. The molecule has 1 saturated heterocycles. The minimum absolute atomic E-state index is 0.102. The van der Waals surface area contributed by atoms with Gasteiger partial charge in [0.15, 0.2) is 0 Å². The first-order valence-corrected chi connectivity index (χ1v) is 12.8. The predicted octanol–water partition coefficient (Wildman–Crippen LogP) is 3.71. The number of likely N-dealkylation sites (N-methyl/N-ethyl adjacent to an activating group) is 1. The van der Waals surface area contributed by atoms with Crippen LogP contribution in [0.1, 0.15) is 29.0 Å². The number of carbonyl (C=O) groups excluding carboxylic acids is 2. The Labute approximate surface area is 221 Å². The summed E-state index contributed by atoms with van der Waals surface area (Å²) in [6, 6.07) is 24.1. The number of fused-ring (bicyclic) bond motifs is 3. The molecular weight excluding hydrogens is 482 g/mol. The van der Waals surface area contributed by atoms with Crippen LogP contribution < -0.4 is 5.32 Å². The van der Waals surface area contributed by atoms with Crippen LogP contribution in [0.3, 0.4) is 0 Å². The van der Waals surface area contributed by atoms with Gasteiger partial charge in [0.2, 0.25) is 5.91 Å². The number of benzene rings is 3. The zero-order valence-corrected chi connectivity index (χ0v) is 21.2. The molecule has 2 N–H and O–H groups in total. The Kier molecular flexibility index (Phi) is 7.42. The summed E-state index contributed by atoms with van der Waals surface area (Å²) in [5, 5.41) is 12.2. The van der Waals surface area contributed by atoms with Crippen molar-refractivity contribution in [2.24, 2.45) is 0 Å². The summed E-state index contributed by atoms with van der Waals surface area (Å²) in [7, 11) is 1.86. The van der Waals surface area contributed by atoms with E-state index in [0.717, 1.165) is 27.8 Å². The summed E-state index contributed by atoms with van der Waals surface area (Å²) >= 11 is 0. The highest BCUT2D eigenvalue weighted by atomic mass is 16.5. The number of carboxylic acid groups (broad SMARTS) is 1. The number of likely N-dealkylation sites (tertiary alicyclic amines) is 1. The van der Waals surface area contributed by atoms with Crippen LogP contribution in [-0.2, 0) is 20.9 Å². The van der Waals surface area contributed by atoms with E-state index in [1.54, 1.807) is 0 Å². The summed E-state index contributed by atoms with van der Waals surface area (Å²) in [5.41, 5.74) is 5.52. The Morgan fingerprint density at radius 1 is 0.974 bits per heavy atom. The number of aliphatic carboxylic acids is 1. The molecule has 8 heteroatoms. The lowest BCUT2D eigenvalue weighted by molar-refractivity contribution is -0.158. The largest absolute Gasteiger partial charge is 0.480 e. The Bertz CT molecular complexity index is 1280. The van der Waals surface area contributed by atoms with Crippen LogP contribution in [0.2, 0.25) is 0 Å². The van der Waals surface area contributed by atoms with E-state index >= 15 is 0 Å². The molecule has 3 aromatic carbocycles. The van der Waals surface area contributed by atoms with Crippen molar-refractivity contribution in [3.05, 3.63) is 95.6 Å². The molecular formula is C30H31N3O5. The fourth-order valence-corrected chi connectivity index (χ4v) is 5.35. The molecule has 1 fully saturated rings. The number of ether oxygens (including phenoxy) is 1. The van der Waals surface area contributed by atoms with Crippen molar-refractivity contribution in [3.63, 3.8) is 0 Å². The predicted molar refractivity (Wildman–Crippen MR) is 143 cm³/mol. The van der Waals surface area contributed by atoms with Gasteiger partial charge in [-0.25, -0.2) is 9.59 Å². The van der Waals surface area contributed by atoms with Crippen molar-refractivity contribution in [2.75, 3.05) is 26.7 Å². The minimum Gasteiger partial charge on any atom is -0.480 e. The van der Waals surface area contributed by atoms with Gasteiger partial charge in [-0.15, -0.1) is 0 Å². The van der Waals surface area contributed by atoms with Gasteiger partial charge in [0.05, 0.1) is 0 Å². The lowest BCUT2D eigenvalue weighted by Gasteiger charge is -2.40. The highest BCUT2D eigenvalue weighted by Gasteiger charge is 2.41. The number of rotatable bonds is 9. The molecule has 38 heavy (non-hydrogen) atoms. The second kappa shape index (κ2) is 11.1. The van der Waals surface area contributed by atoms with Crippen LogP contribution in [0.15, 0.2) is 78.9 Å². The van der Waals surface area contributed by atoms with Gasteiger partial charge in [0.25, 0.3) is 0 Å². The molecule has 2 atom stereocenters. The standard InChI is InChI=1S/C30H31N3O5/c1-32(17-20-9-3-2-4-10-20)18-26(28(34)33-16-15-27(33)29(35)36)31-30(37)38-19-25-23-13-7-5-11-21(23)22-12-6-8-14-24(22)25/h2-14,25-27H,15-19H2,1H3,(H,31,37)(H,35,36). The first-order chi connectivity index (χ1) is 18.4. The van der Waals surface area contributed by atoms with Gasteiger partial charge in [-0.05, 0) is 41.3 Å². The number of carboxylic acids is 1. The number of carbonyl (C=O) groups is 3. The van der Waals surface area contributed by atoms with Crippen molar-refractivity contribution < 1.29 is 24.2 Å². The number of alkyl carbamates (subject to hydrolysis) is 1. The van der Waals surface area contributed by atoms with Gasteiger partial charge in [-0.1, -0.05) is 78.9 Å². The fourth-order valence-electron chi connectivity index (χ4n) is 5.35. The third-order valence-corrected chi connectivity index (χ3v) is 7.31. The summed E-state index contributed by atoms with van der Waals surface area (Å²) in [6.07, 6.45) is -0.302. The van der Waals surface area contributed by atoms with Gasteiger partial charge in [0.1, 0.15) is 18.7 Å². The maximum absolute atomic E-state index is 13.3. The van der Waals surface area contributed by atoms with Crippen molar-refractivity contribution >= 4 is 18.0 Å². The number of hydrogen-bond donors (Lipinski definition) is 2. The molecule has 0 bridgehead atoms. The van der Waals surface area contributed by atoms with Gasteiger partial charge < -0.3 is 20.1 Å². The molecule has 196 valence electrons. The van der Waals surface area contributed by atoms with E-state index in [0.29, 0.717) is 19.5 Å². The molecule has 0 saturated carbocycles. The summed E-state index contributed by atoms with van der Waals surface area (Å²) in [5.74, 6) is -1.56. The van der Waals surface area contributed by atoms with E-state index in [1.165, 1.54) is 4.90 Å². The summed E-state index contributed by atoms with van der Waals surface area (Å²) < 4.78 is 5.67. The SMILES string of the molecule is CN(Cc1ccccc1)CC(NC(=O)OCC1c2ccccc2-c2ccccc21)C(=O)N1CCC1C(=O)O. The fraction of sp³-hybridized carbons (Fsp3) is 0.300. The van der Waals surface area contributed by atoms with E-state index in [-0.39, 0.29) is 19.1 Å². The molecule has 3 aromatic rings. The molecule has 8 nitrogen and oxygen atoms in total. The number of amides is 2. The Hall–Kier alpha value is -4.17. The average molecular weight is 514 g/mol. The normalized spacial score (nSPS) is 16.8. The molecule has 1 heterocycles. The number of nitrogens with zero attached hydrogens (tertiary/aromatic N) is 2. The zero-order chi connectivity index (χ0) is 26.6. The average Bonchev–Trinajstić information content (AvgIpc) is 3.20. The van der Waals surface area contributed by atoms with Crippen LogP contribution >= 0.6 is 0 Å². The van der Waals surface area contributed by atoms with Gasteiger partial charge in [-0.2, -0.15) is 0 Å². The van der Waals surface area contributed by atoms with Crippen LogP contribution in [0.4, 0.5) is 4.79 Å². The van der Waals surface area contributed by atoms with E-state index in [1.807, 2.05) is 78.7 Å². The molecule has 2 unspecified atom stereocenters. The molecule has 1 aliphatic heterocycles. The van der Waals surface area contributed by atoms with Crippen molar-refractivity contribution in [3.8, 4) is 11.1 Å². The van der Waals surface area contributed by atoms with E-state index in [4.69, 9.17) is 4.74 Å². The topological polar surface area (TPSA) is 99.2 Å². The molecule has 5 rings (SSSR count). The third-order valence-electron chi connectivity index (χ3n) is 7.31. The first kappa shape index (κ1) is 25.5. The third kappa shape index (κ3) is 5.26. The van der Waals surface area contributed by atoms with E-state index in [2.05, 4.69) is 17.4 Å². The molecule has 2 aliphatic rings. The molecule has 1 aliphatic carbocycles. The van der Waals surface area contributed by atoms with Crippen LogP contribution in [-0.4, -0.2) is 71.7 Å². The van der Waals surface area contributed by atoms with E-state index in [9.17, 15) is 19.5 Å². The highest BCUT2D eigenvalue weighted by Crippen LogP contribution is 2.44. The second-order valence-corrected chi connectivity index (χ2v) is 9.88. The van der Waals surface area contributed by atoms with Crippen molar-refractivity contribution in [1.82, 2.24) is 15.1 Å². The quantitative estimate of drug-likeness (QED) is 0.453. The maximum Gasteiger partial charge on any atom is 0.407 e. The summed E-state index contributed by atoms with van der Waals surface area (Å²) in [6.45, 7) is 1.25. The monoisotopic (exact) mass is 513 g/mol. The van der Waals surface area contributed by atoms with Crippen LogP contribution in [0.5, 0.6) is 0 Å². The zero-order valence-electron chi connectivity index (χ0n) is 21.2. The minimum atomic E-state index is -1.04. The smallest absolute Gasteiger partial charge is 0.407 e. The Balaban J connectivity index is 1.27. The van der Waals surface area contributed by atoms with Gasteiger partial charge in [0, 0.05) is 25.6 Å². The molecule has 0 aromatic heterocycles. The van der Waals surface area contributed by atoms with Crippen LogP contribution in [0.25, 0.3) is 11.1 Å². The lowest BCUT2D eigenvalue weighted by Crippen LogP contribution is -2.62. The second-order valence-electron chi connectivity index (χ2n) is 9.88. The molecule has 2 amide bonds. The first-order valence-electron chi connectivity index (χ1n) is 12.8. The molecule has 0 spiro atoms. The van der Waals surface area contributed by atoms with Crippen LogP contribution in [0, 0.1) is 0 Å². The van der Waals surface area contributed by atoms with E-state index < -0.39 is 30.1 Å². The highest BCUT2D eigenvalue weighted by molar-refractivity contribution is 5.90.